The average molecular weight is 324 g/mol. The van der Waals surface area contributed by atoms with E-state index in [1.165, 1.54) is 4.90 Å². The molecule has 0 radical (unpaired) electrons. The van der Waals surface area contributed by atoms with Crippen LogP contribution in [0.2, 0.25) is 0 Å². The fourth-order valence-electron chi connectivity index (χ4n) is 3.11. The average Bonchev–Trinajstić information content (AvgIpc) is 2.61. The maximum absolute atomic E-state index is 12.7. The van der Waals surface area contributed by atoms with Crippen molar-refractivity contribution in [3.8, 4) is 0 Å². The van der Waals surface area contributed by atoms with Crippen molar-refractivity contribution < 1.29 is 14.7 Å². The molecule has 0 fully saturated rings. The maximum Gasteiger partial charge on any atom is 0.240 e. The molecule has 5 nitrogen and oxygen atoms in total. The minimum atomic E-state index is -0.899. The van der Waals surface area contributed by atoms with Crippen molar-refractivity contribution in [2.75, 3.05) is 0 Å². The lowest BCUT2D eigenvalue weighted by Crippen LogP contribution is -2.51. The normalized spacial score (nSPS) is 17.9. The van der Waals surface area contributed by atoms with E-state index < -0.39 is 18.1 Å². The van der Waals surface area contributed by atoms with Crippen LogP contribution >= 0.6 is 0 Å². The first-order chi connectivity index (χ1) is 11.6. The molecule has 2 aromatic rings. The van der Waals surface area contributed by atoms with Crippen LogP contribution in [0.15, 0.2) is 54.6 Å². The Kier molecular flexibility index (Phi) is 4.62. The van der Waals surface area contributed by atoms with E-state index in [0.717, 1.165) is 11.1 Å². The second-order valence-corrected chi connectivity index (χ2v) is 6.04. The number of carbonyl (C=O) groups is 2. The molecule has 0 saturated heterocycles. The molecule has 0 saturated carbocycles. The van der Waals surface area contributed by atoms with E-state index >= 15 is 0 Å². The Morgan fingerprint density at radius 2 is 1.71 bits per heavy atom. The smallest absolute Gasteiger partial charge is 0.240 e. The Labute approximate surface area is 140 Å². The van der Waals surface area contributed by atoms with Gasteiger partial charge in [-0.1, -0.05) is 54.6 Å². The van der Waals surface area contributed by atoms with Crippen molar-refractivity contribution in [1.29, 1.82) is 0 Å². The summed E-state index contributed by atoms with van der Waals surface area (Å²) in [6.45, 7) is 0.337. The number of fused-ring (bicyclic) bond motifs is 1. The monoisotopic (exact) mass is 324 g/mol. The first-order valence-corrected chi connectivity index (χ1v) is 7.95. The largest absolute Gasteiger partial charge is 0.388 e. The summed E-state index contributed by atoms with van der Waals surface area (Å²) < 4.78 is 0. The molecule has 3 N–H and O–H groups in total. The van der Waals surface area contributed by atoms with Crippen LogP contribution in [0.4, 0.5) is 0 Å². The second-order valence-electron chi connectivity index (χ2n) is 6.04. The van der Waals surface area contributed by atoms with Gasteiger partial charge in [0.2, 0.25) is 11.8 Å². The van der Waals surface area contributed by atoms with Gasteiger partial charge < -0.3 is 15.7 Å². The molecule has 0 aliphatic carbocycles. The van der Waals surface area contributed by atoms with Crippen molar-refractivity contribution >= 4 is 11.8 Å². The fourth-order valence-corrected chi connectivity index (χ4v) is 3.11. The van der Waals surface area contributed by atoms with Gasteiger partial charge in [-0.25, -0.2) is 0 Å². The minimum absolute atomic E-state index is 0.0735. The van der Waals surface area contributed by atoms with Crippen LogP contribution in [0.1, 0.15) is 29.2 Å². The predicted molar refractivity (Wildman–Crippen MR) is 89.7 cm³/mol. The predicted octanol–water partition coefficient (Wildman–Crippen LogP) is 1.55. The highest BCUT2D eigenvalue weighted by molar-refractivity contribution is 5.87. The lowest BCUT2D eigenvalue weighted by molar-refractivity contribution is -0.142. The van der Waals surface area contributed by atoms with E-state index in [1.807, 2.05) is 42.5 Å². The van der Waals surface area contributed by atoms with Gasteiger partial charge in [0.05, 0.1) is 12.5 Å². The van der Waals surface area contributed by atoms with Crippen molar-refractivity contribution in [3.63, 3.8) is 0 Å². The number of carbonyl (C=O) groups excluding carboxylic acids is 2. The molecule has 0 aromatic heterocycles. The van der Waals surface area contributed by atoms with Crippen LogP contribution in [0.3, 0.4) is 0 Å². The van der Waals surface area contributed by atoms with Gasteiger partial charge in [-0.15, -0.1) is 0 Å². The second kappa shape index (κ2) is 6.84. The molecule has 0 spiro atoms. The number of primary amides is 1. The highest BCUT2D eigenvalue weighted by Crippen LogP contribution is 2.26. The molecule has 24 heavy (non-hydrogen) atoms. The quantitative estimate of drug-likeness (QED) is 0.895. The lowest BCUT2D eigenvalue weighted by atomic mass is 9.93. The summed E-state index contributed by atoms with van der Waals surface area (Å²) in [6.07, 6.45) is -0.557. The topological polar surface area (TPSA) is 83.6 Å². The van der Waals surface area contributed by atoms with E-state index in [-0.39, 0.29) is 12.3 Å². The molecule has 0 bridgehead atoms. The number of rotatable bonds is 4. The van der Waals surface area contributed by atoms with Crippen LogP contribution in [0, 0.1) is 0 Å². The summed E-state index contributed by atoms with van der Waals surface area (Å²) in [4.78, 5) is 25.9. The number of nitrogens with two attached hydrogens (primary N) is 1. The van der Waals surface area contributed by atoms with Gasteiger partial charge in [-0.05, 0) is 16.7 Å². The number of nitrogens with zero attached hydrogens (tertiary/aromatic N) is 1. The van der Waals surface area contributed by atoms with E-state index in [2.05, 4.69) is 0 Å². The van der Waals surface area contributed by atoms with E-state index in [9.17, 15) is 14.7 Å². The number of aliphatic hydroxyl groups excluding tert-OH is 1. The van der Waals surface area contributed by atoms with Gasteiger partial charge in [-0.3, -0.25) is 9.59 Å². The SMILES string of the molecule is NC(=O)[C@@H]1Cc2ccccc2CN1C(=O)CC(O)c1ccccc1. The van der Waals surface area contributed by atoms with Gasteiger partial charge in [0.25, 0.3) is 0 Å². The Hall–Kier alpha value is -2.66. The molecule has 1 unspecified atom stereocenters. The zero-order valence-corrected chi connectivity index (χ0v) is 13.3. The van der Waals surface area contributed by atoms with E-state index in [0.29, 0.717) is 18.5 Å². The fraction of sp³-hybridized carbons (Fsp3) is 0.263. The molecular weight excluding hydrogens is 304 g/mol. The third-order valence-electron chi connectivity index (χ3n) is 4.45. The van der Waals surface area contributed by atoms with Crippen LogP contribution in [0.25, 0.3) is 0 Å². The summed E-state index contributed by atoms with van der Waals surface area (Å²) in [5.41, 5.74) is 8.23. The van der Waals surface area contributed by atoms with Crippen molar-refractivity contribution in [3.05, 3.63) is 71.3 Å². The summed E-state index contributed by atoms with van der Waals surface area (Å²) in [7, 11) is 0. The van der Waals surface area contributed by atoms with Gasteiger partial charge in [0.15, 0.2) is 0 Å². The Morgan fingerprint density at radius 3 is 2.38 bits per heavy atom. The standard InChI is InChI=1S/C19H20N2O3/c20-19(24)16-10-14-8-4-5-9-15(14)12-21(16)18(23)11-17(22)13-6-2-1-3-7-13/h1-9,16-17,22H,10-12H2,(H2,20,24)/t16-,17?/m0/s1. The minimum Gasteiger partial charge on any atom is -0.388 e. The molecule has 2 amide bonds. The zero-order valence-electron chi connectivity index (χ0n) is 13.3. The van der Waals surface area contributed by atoms with Crippen molar-refractivity contribution in [1.82, 2.24) is 4.90 Å². The Morgan fingerprint density at radius 1 is 1.08 bits per heavy atom. The maximum atomic E-state index is 12.7. The van der Waals surface area contributed by atoms with Crippen LogP contribution in [-0.2, 0) is 22.6 Å². The number of amides is 2. The van der Waals surface area contributed by atoms with Gasteiger partial charge in [0.1, 0.15) is 6.04 Å². The molecular formula is C19H20N2O3. The number of hydrogen-bond acceptors (Lipinski definition) is 3. The number of aliphatic hydroxyl groups is 1. The number of hydrogen-bond donors (Lipinski definition) is 2. The highest BCUT2D eigenvalue weighted by Gasteiger charge is 2.33. The van der Waals surface area contributed by atoms with E-state index in [1.54, 1.807) is 12.1 Å². The highest BCUT2D eigenvalue weighted by atomic mass is 16.3. The molecule has 3 rings (SSSR count). The third-order valence-corrected chi connectivity index (χ3v) is 4.45. The molecule has 1 aliphatic rings. The first-order valence-electron chi connectivity index (χ1n) is 7.95. The zero-order chi connectivity index (χ0) is 17.1. The van der Waals surface area contributed by atoms with Crippen LogP contribution in [-0.4, -0.2) is 27.9 Å². The molecule has 2 atom stereocenters. The van der Waals surface area contributed by atoms with Gasteiger partial charge in [0, 0.05) is 13.0 Å². The first kappa shape index (κ1) is 16.2. The molecule has 1 heterocycles. The Balaban J connectivity index is 1.78. The van der Waals surface area contributed by atoms with Crippen molar-refractivity contribution in [2.24, 2.45) is 5.73 Å². The summed E-state index contributed by atoms with van der Waals surface area (Å²) >= 11 is 0. The molecule has 2 aromatic carbocycles. The third kappa shape index (κ3) is 3.31. The van der Waals surface area contributed by atoms with Gasteiger partial charge >= 0.3 is 0 Å². The molecule has 5 heteroatoms. The van der Waals surface area contributed by atoms with Crippen molar-refractivity contribution in [2.45, 2.75) is 31.5 Å². The molecule has 1 aliphatic heterocycles. The Bertz CT molecular complexity index is 745. The summed E-state index contributed by atoms with van der Waals surface area (Å²) in [6, 6.07) is 16.1. The summed E-state index contributed by atoms with van der Waals surface area (Å²) in [5, 5.41) is 10.3. The number of benzene rings is 2. The van der Waals surface area contributed by atoms with Crippen LogP contribution in [0.5, 0.6) is 0 Å². The van der Waals surface area contributed by atoms with Crippen LogP contribution < -0.4 is 5.73 Å². The van der Waals surface area contributed by atoms with E-state index in [4.69, 9.17) is 5.73 Å². The summed E-state index contributed by atoms with van der Waals surface area (Å²) in [5.74, 6) is -0.795. The lowest BCUT2D eigenvalue weighted by Gasteiger charge is -2.35. The van der Waals surface area contributed by atoms with Gasteiger partial charge in [-0.2, -0.15) is 0 Å². The molecule has 124 valence electrons.